The molecule has 19 heavy (non-hydrogen) atoms. The molecular formula is C16H27NO2. The molecule has 0 aliphatic carbocycles. The summed E-state index contributed by atoms with van der Waals surface area (Å²) in [7, 11) is 1.69. The number of unbranched alkanes of at least 4 members (excludes halogenated alkanes) is 2. The fourth-order valence-electron chi connectivity index (χ4n) is 1.95. The van der Waals surface area contributed by atoms with E-state index in [4.69, 9.17) is 15.2 Å². The smallest absolute Gasteiger partial charge is 0.123 e. The Kier molecular flexibility index (Phi) is 6.16. The van der Waals surface area contributed by atoms with Gasteiger partial charge in [-0.3, -0.25) is 0 Å². The Labute approximate surface area is 117 Å². The van der Waals surface area contributed by atoms with Crippen LogP contribution in [-0.4, -0.2) is 20.3 Å². The second kappa shape index (κ2) is 7.39. The maximum Gasteiger partial charge on any atom is 0.123 e. The summed E-state index contributed by atoms with van der Waals surface area (Å²) in [6.07, 6.45) is 3.24. The van der Waals surface area contributed by atoms with Crippen LogP contribution in [-0.2, 0) is 5.41 Å². The molecule has 0 unspecified atom stereocenters. The molecule has 0 amide bonds. The van der Waals surface area contributed by atoms with Gasteiger partial charge in [0.05, 0.1) is 13.7 Å². The molecule has 0 aliphatic heterocycles. The standard InChI is InChI=1S/C16H27NO2/c1-16(2,3)14-12-13(18-4)8-9-15(14)19-11-7-5-6-10-17/h8-9,12H,5-7,10-11,17H2,1-4H3. The van der Waals surface area contributed by atoms with Gasteiger partial charge in [0.15, 0.2) is 0 Å². The monoisotopic (exact) mass is 265 g/mol. The Bertz CT molecular complexity index is 383. The molecule has 0 saturated carbocycles. The Balaban J connectivity index is 2.71. The van der Waals surface area contributed by atoms with Gasteiger partial charge in [-0.25, -0.2) is 0 Å². The Morgan fingerprint density at radius 3 is 2.42 bits per heavy atom. The van der Waals surface area contributed by atoms with Gasteiger partial charge < -0.3 is 15.2 Å². The Morgan fingerprint density at radius 1 is 1.11 bits per heavy atom. The minimum Gasteiger partial charge on any atom is -0.497 e. The van der Waals surface area contributed by atoms with Crippen LogP contribution in [0.4, 0.5) is 0 Å². The van der Waals surface area contributed by atoms with E-state index >= 15 is 0 Å². The third-order valence-corrected chi connectivity index (χ3v) is 3.10. The van der Waals surface area contributed by atoms with E-state index in [9.17, 15) is 0 Å². The molecule has 2 N–H and O–H groups in total. The van der Waals surface area contributed by atoms with E-state index < -0.39 is 0 Å². The van der Waals surface area contributed by atoms with Gasteiger partial charge in [-0.15, -0.1) is 0 Å². The fourth-order valence-corrected chi connectivity index (χ4v) is 1.95. The molecule has 0 aliphatic rings. The first-order chi connectivity index (χ1) is 8.99. The molecule has 1 aromatic rings. The van der Waals surface area contributed by atoms with Gasteiger partial charge in [-0.1, -0.05) is 20.8 Å². The van der Waals surface area contributed by atoms with Crippen LogP contribution in [0.2, 0.25) is 0 Å². The summed E-state index contributed by atoms with van der Waals surface area (Å²) in [4.78, 5) is 0. The van der Waals surface area contributed by atoms with Crippen molar-refractivity contribution >= 4 is 0 Å². The lowest BCUT2D eigenvalue weighted by Gasteiger charge is -2.23. The van der Waals surface area contributed by atoms with Gasteiger partial charge >= 0.3 is 0 Å². The van der Waals surface area contributed by atoms with Crippen molar-refractivity contribution in [3.05, 3.63) is 23.8 Å². The van der Waals surface area contributed by atoms with Gasteiger partial charge in [0.2, 0.25) is 0 Å². The molecule has 1 aromatic carbocycles. The van der Waals surface area contributed by atoms with Crippen molar-refractivity contribution in [3.63, 3.8) is 0 Å². The van der Waals surface area contributed by atoms with Gasteiger partial charge in [-0.2, -0.15) is 0 Å². The zero-order valence-corrected chi connectivity index (χ0v) is 12.7. The minimum atomic E-state index is 0.0428. The predicted molar refractivity (Wildman–Crippen MR) is 80.1 cm³/mol. The number of hydrogen-bond donors (Lipinski definition) is 1. The molecular weight excluding hydrogens is 238 g/mol. The van der Waals surface area contributed by atoms with Crippen LogP contribution in [0.3, 0.4) is 0 Å². The lowest BCUT2D eigenvalue weighted by atomic mass is 9.86. The van der Waals surface area contributed by atoms with Crippen LogP contribution in [0.15, 0.2) is 18.2 Å². The summed E-state index contributed by atoms with van der Waals surface area (Å²) in [6, 6.07) is 6.02. The van der Waals surface area contributed by atoms with Gasteiger partial charge in [0, 0.05) is 5.56 Å². The Morgan fingerprint density at radius 2 is 1.84 bits per heavy atom. The molecule has 108 valence electrons. The molecule has 0 bridgehead atoms. The normalized spacial score (nSPS) is 11.4. The summed E-state index contributed by atoms with van der Waals surface area (Å²) in [5.41, 5.74) is 6.71. The summed E-state index contributed by atoms with van der Waals surface area (Å²) >= 11 is 0. The van der Waals surface area contributed by atoms with E-state index in [2.05, 4.69) is 26.8 Å². The van der Waals surface area contributed by atoms with Crippen molar-refractivity contribution in [2.75, 3.05) is 20.3 Å². The number of ether oxygens (including phenoxy) is 2. The lowest BCUT2D eigenvalue weighted by molar-refractivity contribution is 0.297. The van der Waals surface area contributed by atoms with E-state index in [1.54, 1.807) is 7.11 Å². The van der Waals surface area contributed by atoms with Crippen molar-refractivity contribution < 1.29 is 9.47 Å². The summed E-state index contributed by atoms with van der Waals surface area (Å²) < 4.78 is 11.2. The molecule has 0 spiro atoms. The Hall–Kier alpha value is -1.22. The van der Waals surface area contributed by atoms with Gasteiger partial charge in [0.25, 0.3) is 0 Å². The maximum absolute atomic E-state index is 5.91. The minimum absolute atomic E-state index is 0.0428. The van der Waals surface area contributed by atoms with Crippen molar-refractivity contribution in [3.8, 4) is 11.5 Å². The van der Waals surface area contributed by atoms with Crippen LogP contribution in [0, 0.1) is 0 Å². The van der Waals surface area contributed by atoms with E-state index in [-0.39, 0.29) is 5.41 Å². The van der Waals surface area contributed by atoms with Gasteiger partial charge in [0.1, 0.15) is 11.5 Å². The van der Waals surface area contributed by atoms with E-state index in [1.165, 1.54) is 5.56 Å². The number of rotatable bonds is 7. The molecule has 0 saturated heterocycles. The summed E-state index contributed by atoms with van der Waals surface area (Å²) in [5.74, 6) is 1.83. The van der Waals surface area contributed by atoms with Crippen molar-refractivity contribution in [1.29, 1.82) is 0 Å². The second-order valence-electron chi connectivity index (χ2n) is 5.81. The highest BCUT2D eigenvalue weighted by Crippen LogP contribution is 2.34. The van der Waals surface area contributed by atoms with Crippen LogP contribution < -0.4 is 15.2 Å². The van der Waals surface area contributed by atoms with Gasteiger partial charge in [-0.05, 0) is 49.4 Å². The number of hydrogen-bond acceptors (Lipinski definition) is 3. The topological polar surface area (TPSA) is 44.5 Å². The first-order valence-electron chi connectivity index (χ1n) is 7.00. The highest BCUT2D eigenvalue weighted by molar-refractivity contribution is 5.44. The molecule has 3 nitrogen and oxygen atoms in total. The largest absolute Gasteiger partial charge is 0.497 e. The van der Waals surface area contributed by atoms with Crippen molar-refractivity contribution in [1.82, 2.24) is 0 Å². The van der Waals surface area contributed by atoms with Crippen LogP contribution >= 0.6 is 0 Å². The van der Waals surface area contributed by atoms with Crippen LogP contribution in [0.5, 0.6) is 11.5 Å². The van der Waals surface area contributed by atoms with Crippen molar-refractivity contribution in [2.24, 2.45) is 5.73 Å². The number of nitrogens with two attached hydrogens (primary N) is 1. The predicted octanol–water partition coefficient (Wildman–Crippen LogP) is 3.50. The molecule has 0 heterocycles. The quantitative estimate of drug-likeness (QED) is 0.767. The maximum atomic E-state index is 5.91. The second-order valence-corrected chi connectivity index (χ2v) is 5.81. The average Bonchev–Trinajstić information content (AvgIpc) is 2.37. The third-order valence-electron chi connectivity index (χ3n) is 3.10. The first-order valence-corrected chi connectivity index (χ1v) is 7.00. The molecule has 0 fully saturated rings. The lowest BCUT2D eigenvalue weighted by Crippen LogP contribution is -2.14. The fraction of sp³-hybridized carbons (Fsp3) is 0.625. The SMILES string of the molecule is COc1ccc(OCCCCCN)c(C(C)(C)C)c1. The van der Waals surface area contributed by atoms with E-state index in [1.807, 2.05) is 12.1 Å². The number of benzene rings is 1. The highest BCUT2D eigenvalue weighted by atomic mass is 16.5. The van der Waals surface area contributed by atoms with E-state index in [0.29, 0.717) is 0 Å². The molecule has 0 aromatic heterocycles. The van der Waals surface area contributed by atoms with Crippen molar-refractivity contribution in [2.45, 2.75) is 45.4 Å². The third kappa shape index (κ3) is 5.11. The van der Waals surface area contributed by atoms with E-state index in [0.717, 1.165) is 43.9 Å². The molecule has 0 atom stereocenters. The summed E-state index contributed by atoms with van der Waals surface area (Å²) in [6.45, 7) is 8.06. The number of methoxy groups -OCH3 is 1. The van der Waals surface area contributed by atoms with Crippen LogP contribution in [0.1, 0.15) is 45.6 Å². The van der Waals surface area contributed by atoms with Crippen LogP contribution in [0.25, 0.3) is 0 Å². The highest BCUT2D eigenvalue weighted by Gasteiger charge is 2.19. The molecule has 1 rings (SSSR count). The zero-order chi connectivity index (χ0) is 14.3. The first kappa shape index (κ1) is 15.8. The summed E-state index contributed by atoms with van der Waals surface area (Å²) in [5, 5.41) is 0. The zero-order valence-electron chi connectivity index (χ0n) is 12.7. The molecule has 0 radical (unpaired) electrons. The average molecular weight is 265 g/mol. The molecule has 3 heteroatoms.